The number of ether oxygens (including phenoxy) is 1. The Morgan fingerprint density at radius 2 is 1.84 bits per heavy atom. The Bertz CT molecular complexity index is 1100. The van der Waals surface area contributed by atoms with Crippen LogP contribution in [0.1, 0.15) is 36.5 Å². The normalized spacial score (nSPS) is 38.9. The third-order valence-corrected chi connectivity index (χ3v) is 9.60. The molecule has 2 aliphatic heterocycles. The summed E-state index contributed by atoms with van der Waals surface area (Å²) in [7, 11) is 0. The Hall–Kier alpha value is -2.64. The van der Waals surface area contributed by atoms with Gasteiger partial charge in [-0.1, -0.05) is 6.92 Å². The predicted molar refractivity (Wildman–Crippen MR) is 116 cm³/mol. The molecule has 8 nitrogen and oxygen atoms in total. The predicted octanol–water partition coefficient (Wildman–Crippen LogP) is 2.78. The molecule has 2 amide bonds. The second-order valence-corrected chi connectivity index (χ2v) is 11.1. The van der Waals surface area contributed by atoms with Gasteiger partial charge in [0.1, 0.15) is 11.0 Å². The lowest BCUT2D eigenvalue weighted by atomic mass is 9.72. The molecule has 0 radical (unpaired) electrons. The molecule has 4 bridgehead atoms. The highest BCUT2D eigenvalue weighted by atomic mass is 16.6. The van der Waals surface area contributed by atoms with Crippen molar-refractivity contribution in [2.75, 3.05) is 32.8 Å². The number of aromatic nitrogens is 3. The summed E-state index contributed by atoms with van der Waals surface area (Å²) in [5.74, 6) is 3.73. The van der Waals surface area contributed by atoms with Crippen molar-refractivity contribution >= 4 is 23.0 Å². The van der Waals surface area contributed by atoms with Gasteiger partial charge in [-0.25, -0.2) is 4.79 Å². The maximum Gasteiger partial charge on any atom is 0.409 e. The van der Waals surface area contributed by atoms with Crippen LogP contribution in [0.4, 0.5) is 4.79 Å². The first kappa shape index (κ1) is 18.9. The van der Waals surface area contributed by atoms with Gasteiger partial charge in [0, 0.05) is 43.6 Å². The average Bonchev–Trinajstić information content (AvgIpc) is 3.34. The summed E-state index contributed by atoms with van der Waals surface area (Å²) >= 11 is 0. The van der Waals surface area contributed by atoms with Gasteiger partial charge in [-0.15, -0.1) is 0 Å². The van der Waals surface area contributed by atoms with E-state index in [-0.39, 0.29) is 12.0 Å². The van der Waals surface area contributed by atoms with Gasteiger partial charge in [-0.05, 0) is 66.5 Å². The molecule has 1 N–H and O–H groups in total. The first-order chi connectivity index (χ1) is 15.5. The van der Waals surface area contributed by atoms with Crippen LogP contribution >= 0.6 is 0 Å². The van der Waals surface area contributed by atoms with Crippen LogP contribution in [0.25, 0.3) is 11.0 Å². The van der Waals surface area contributed by atoms with E-state index in [2.05, 4.69) is 22.3 Å². The lowest BCUT2D eigenvalue weighted by molar-refractivity contribution is 0.0550. The van der Waals surface area contributed by atoms with E-state index in [4.69, 9.17) is 4.74 Å². The van der Waals surface area contributed by atoms with Crippen molar-refractivity contribution in [3.8, 4) is 0 Å². The van der Waals surface area contributed by atoms with Gasteiger partial charge in [-0.3, -0.25) is 4.79 Å². The van der Waals surface area contributed by atoms with E-state index in [1.54, 1.807) is 6.07 Å². The minimum atomic E-state index is -0.154. The molecular formula is C24H29N5O3. The first-order valence-electron chi connectivity index (χ1n) is 12.0. The second kappa shape index (κ2) is 6.45. The number of nitrogens with one attached hydrogen (secondary N) is 1. The van der Waals surface area contributed by atoms with Crippen molar-refractivity contribution in [2.45, 2.75) is 26.2 Å². The number of aromatic amines is 1. The Kier molecular flexibility index (Phi) is 3.81. The van der Waals surface area contributed by atoms with E-state index in [0.29, 0.717) is 67.0 Å². The Morgan fingerprint density at radius 3 is 2.59 bits per heavy atom. The van der Waals surface area contributed by atoms with E-state index in [0.717, 1.165) is 23.3 Å². The minimum Gasteiger partial charge on any atom is -0.449 e. The Labute approximate surface area is 186 Å². The molecule has 6 aliphatic rings. The SMILES string of the molecule is CC12CC[C@H]3C[C@@H]1C2C3COC(=O)N1C[C@@H]2CN(C(=O)c3ccc4n[nH]nc4c3)C[C@@H]2C1. The minimum absolute atomic E-state index is 0.0298. The number of fused-ring (bicyclic) bond motifs is 3. The topological polar surface area (TPSA) is 91.4 Å². The fourth-order valence-corrected chi connectivity index (χ4v) is 7.84. The summed E-state index contributed by atoms with van der Waals surface area (Å²) in [6, 6.07) is 5.42. The van der Waals surface area contributed by atoms with Crippen LogP contribution in [-0.4, -0.2) is 70.0 Å². The van der Waals surface area contributed by atoms with Gasteiger partial charge in [0.05, 0.1) is 6.61 Å². The number of hydrogen-bond acceptors (Lipinski definition) is 5. The Morgan fingerprint density at radius 1 is 1.09 bits per heavy atom. The van der Waals surface area contributed by atoms with Crippen molar-refractivity contribution in [2.24, 2.45) is 40.9 Å². The number of nitrogens with zero attached hydrogens (tertiary/aromatic N) is 4. The van der Waals surface area contributed by atoms with E-state index in [9.17, 15) is 9.59 Å². The zero-order valence-corrected chi connectivity index (χ0v) is 18.4. The number of amides is 2. The molecule has 4 aliphatic carbocycles. The number of carbonyl (C=O) groups is 2. The third kappa shape index (κ3) is 2.61. The fourth-order valence-electron chi connectivity index (χ4n) is 7.84. The van der Waals surface area contributed by atoms with E-state index in [1.165, 1.54) is 19.3 Å². The molecule has 8 rings (SSSR count). The zero-order valence-electron chi connectivity index (χ0n) is 18.4. The van der Waals surface area contributed by atoms with Crippen LogP contribution in [0, 0.1) is 40.9 Å². The molecule has 32 heavy (non-hydrogen) atoms. The molecular weight excluding hydrogens is 406 g/mol. The number of likely N-dealkylation sites (tertiary alicyclic amines) is 2. The third-order valence-electron chi connectivity index (χ3n) is 9.60. The standard InChI is InChI=1S/C24H29N5O3/c1-24-5-4-13-6-18(24)21(24)17(13)12-32-23(31)29-10-15-8-28(9-16(15)11-29)22(30)14-2-3-19-20(7-14)26-27-25-19/h2-3,7,13,15-18,21H,4-6,8-12H2,1H3,(H,25,26,27)/t13-,15-,16+,17?,18+,21?,24?/m0/s1. The van der Waals surface area contributed by atoms with Gasteiger partial charge in [0.15, 0.2) is 0 Å². The number of benzene rings is 1. The quantitative estimate of drug-likeness (QED) is 0.801. The number of carbonyl (C=O) groups excluding carboxylic acids is 2. The lowest BCUT2D eigenvalue weighted by Crippen LogP contribution is -2.37. The molecule has 7 atom stereocenters. The molecule has 4 saturated carbocycles. The van der Waals surface area contributed by atoms with E-state index in [1.807, 2.05) is 21.9 Å². The molecule has 3 unspecified atom stereocenters. The largest absolute Gasteiger partial charge is 0.449 e. The zero-order chi connectivity index (χ0) is 21.6. The maximum atomic E-state index is 13.0. The molecule has 6 fully saturated rings. The van der Waals surface area contributed by atoms with Crippen molar-refractivity contribution < 1.29 is 14.3 Å². The van der Waals surface area contributed by atoms with Crippen LogP contribution in [0.2, 0.25) is 0 Å². The molecule has 1 aromatic heterocycles. The first-order valence-corrected chi connectivity index (χ1v) is 12.0. The Balaban J connectivity index is 0.943. The molecule has 168 valence electrons. The van der Waals surface area contributed by atoms with Crippen LogP contribution in [0.5, 0.6) is 0 Å². The molecule has 0 spiro atoms. The monoisotopic (exact) mass is 435 g/mol. The van der Waals surface area contributed by atoms with Gasteiger partial charge in [0.2, 0.25) is 0 Å². The van der Waals surface area contributed by atoms with Crippen LogP contribution < -0.4 is 0 Å². The highest BCUT2D eigenvalue weighted by Crippen LogP contribution is 2.77. The number of rotatable bonds is 3. The van der Waals surface area contributed by atoms with Crippen LogP contribution in [-0.2, 0) is 4.74 Å². The van der Waals surface area contributed by atoms with Crippen molar-refractivity contribution in [1.29, 1.82) is 0 Å². The second-order valence-electron chi connectivity index (χ2n) is 11.1. The summed E-state index contributed by atoms with van der Waals surface area (Å²) in [4.78, 5) is 29.6. The summed E-state index contributed by atoms with van der Waals surface area (Å²) in [6.07, 6.45) is 3.88. The van der Waals surface area contributed by atoms with Crippen molar-refractivity contribution in [3.05, 3.63) is 23.8 Å². The number of H-pyrrole nitrogens is 1. The molecule has 8 heteroatoms. The van der Waals surface area contributed by atoms with Crippen LogP contribution in [0.15, 0.2) is 18.2 Å². The average molecular weight is 436 g/mol. The summed E-state index contributed by atoms with van der Waals surface area (Å²) < 4.78 is 5.84. The molecule has 3 heterocycles. The van der Waals surface area contributed by atoms with Gasteiger partial charge in [0.25, 0.3) is 5.91 Å². The van der Waals surface area contributed by atoms with Gasteiger partial charge >= 0.3 is 6.09 Å². The van der Waals surface area contributed by atoms with Crippen LogP contribution in [0.3, 0.4) is 0 Å². The maximum absolute atomic E-state index is 13.0. The van der Waals surface area contributed by atoms with Gasteiger partial charge < -0.3 is 14.5 Å². The highest BCUT2D eigenvalue weighted by molar-refractivity contribution is 5.97. The fraction of sp³-hybridized carbons (Fsp3) is 0.667. The lowest BCUT2D eigenvalue weighted by Gasteiger charge is -2.34. The molecule has 1 aromatic carbocycles. The van der Waals surface area contributed by atoms with Crippen molar-refractivity contribution in [3.63, 3.8) is 0 Å². The smallest absolute Gasteiger partial charge is 0.409 e. The summed E-state index contributed by atoms with van der Waals surface area (Å²) in [5, 5.41) is 10.7. The van der Waals surface area contributed by atoms with E-state index >= 15 is 0 Å². The van der Waals surface area contributed by atoms with Gasteiger partial charge in [-0.2, -0.15) is 15.4 Å². The van der Waals surface area contributed by atoms with E-state index < -0.39 is 0 Å². The molecule has 2 aromatic rings. The summed E-state index contributed by atoms with van der Waals surface area (Å²) in [6.45, 7) is 5.79. The summed E-state index contributed by atoms with van der Waals surface area (Å²) in [5.41, 5.74) is 2.64. The molecule has 2 saturated heterocycles. The number of hydrogen-bond donors (Lipinski definition) is 1. The highest BCUT2D eigenvalue weighted by Gasteiger charge is 2.71. The van der Waals surface area contributed by atoms with Crippen molar-refractivity contribution in [1.82, 2.24) is 25.2 Å².